The van der Waals surface area contributed by atoms with E-state index >= 15 is 0 Å². The Morgan fingerprint density at radius 1 is 0.784 bits per heavy atom. The fraction of sp³-hybridized carbons (Fsp3) is 0.125. The lowest BCUT2D eigenvalue weighted by molar-refractivity contribution is -0.404. The Morgan fingerprint density at radius 3 is 1.97 bits per heavy atom. The van der Waals surface area contributed by atoms with Crippen LogP contribution in [0, 0.1) is 30.3 Å². The van der Waals surface area contributed by atoms with E-state index in [0.717, 1.165) is 40.1 Å². The molecule has 3 aromatic carbocycles. The molecule has 0 spiro atoms. The van der Waals surface area contributed by atoms with Crippen molar-refractivity contribution < 1.29 is 29.4 Å². The Labute approximate surface area is 209 Å². The summed E-state index contributed by atoms with van der Waals surface area (Å²) in [4.78, 5) is 32.5. The van der Waals surface area contributed by atoms with Crippen LogP contribution in [-0.2, 0) is 6.42 Å². The number of benzene rings is 3. The summed E-state index contributed by atoms with van der Waals surface area (Å²) in [5, 5.41) is 41.4. The highest BCUT2D eigenvalue weighted by atomic mass is 16.6. The summed E-state index contributed by atoms with van der Waals surface area (Å²) in [5.74, 6) is 0.282. The van der Waals surface area contributed by atoms with Crippen molar-refractivity contribution in [2.75, 3.05) is 14.2 Å². The van der Waals surface area contributed by atoms with Gasteiger partial charge in [-0.3, -0.25) is 35.3 Å². The van der Waals surface area contributed by atoms with Gasteiger partial charge in [-0.2, -0.15) is 0 Å². The summed E-state index contributed by atoms with van der Waals surface area (Å²) in [5.41, 5.74) is 0.213. The van der Waals surface area contributed by atoms with Crippen molar-refractivity contribution in [2.24, 2.45) is 0 Å². The van der Waals surface area contributed by atoms with E-state index < -0.39 is 37.6 Å². The molecule has 4 rings (SSSR count). The highest BCUT2D eigenvalue weighted by Crippen LogP contribution is 2.39. The van der Waals surface area contributed by atoms with Crippen molar-refractivity contribution in [3.05, 3.63) is 108 Å². The molecule has 13 nitrogen and oxygen atoms in total. The minimum Gasteiger partial charge on any atom is -0.497 e. The van der Waals surface area contributed by atoms with Crippen LogP contribution in [0.2, 0.25) is 0 Å². The Hall–Kier alpha value is -5.33. The number of phenolic OH excluding ortho intramolecular Hbond substituents is 1. The number of fused-ring (bicyclic) bond motifs is 1. The molecule has 0 aliphatic carbocycles. The summed E-state index contributed by atoms with van der Waals surface area (Å²) in [6, 6.07) is 19.2. The summed E-state index contributed by atoms with van der Waals surface area (Å²) >= 11 is 0. The number of rotatable bonds is 7. The number of hydrogen-bond donors (Lipinski definition) is 1. The molecule has 1 aromatic heterocycles. The molecule has 0 fully saturated rings. The average molecular weight is 508 g/mol. The predicted octanol–water partition coefficient (Wildman–Crippen LogP) is 4.96. The normalized spacial score (nSPS) is 10.2. The molecular weight excluding hydrogens is 488 g/mol. The Morgan fingerprint density at radius 2 is 1.41 bits per heavy atom. The number of ether oxygens (including phenoxy) is 2. The summed E-state index contributed by atoms with van der Waals surface area (Å²) < 4.78 is 10.6. The molecule has 0 amide bonds. The van der Waals surface area contributed by atoms with Crippen molar-refractivity contribution in [3.8, 4) is 17.2 Å². The number of hydrogen-bond acceptors (Lipinski definition) is 10. The first kappa shape index (κ1) is 26.3. The smallest absolute Gasteiger partial charge is 0.324 e. The van der Waals surface area contributed by atoms with Gasteiger partial charge in [0.15, 0.2) is 11.5 Å². The van der Waals surface area contributed by atoms with Gasteiger partial charge in [-0.15, -0.1) is 0 Å². The second kappa shape index (κ2) is 11.4. The predicted molar refractivity (Wildman–Crippen MR) is 132 cm³/mol. The van der Waals surface area contributed by atoms with E-state index in [9.17, 15) is 30.3 Å². The van der Waals surface area contributed by atoms with Gasteiger partial charge in [-0.25, -0.2) is 0 Å². The Balaban J connectivity index is 0.000000214. The summed E-state index contributed by atoms with van der Waals surface area (Å²) in [6.07, 6.45) is 0.769. The molecule has 190 valence electrons. The van der Waals surface area contributed by atoms with Gasteiger partial charge in [0.25, 0.3) is 11.4 Å². The van der Waals surface area contributed by atoms with Crippen LogP contribution < -0.4 is 9.47 Å². The van der Waals surface area contributed by atoms with Crippen molar-refractivity contribution >= 4 is 28.0 Å². The number of aromatic hydroxyl groups is 1. The van der Waals surface area contributed by atoms with Crippen LogP contribution in [0.5, 0.6) is 17.2 Å². The Bertz CT molecular complexity index is 1460. The third-order valence-electron chi connectivity index (χ3n) is 5.15. The van der Waals surface area contributed by atoms with Crippen molar-refractivity contribution in [1.82, 2.24) is 4.98 Å². The van der Waals surface area contributed by atoms with E-state index in [1.807, 2.05) is 36.4 Å². The maximum atomic E-state index is 10.4. The molecule has 0 unspecified atom stereocenters. The van der Waals surface area contributed by atoms with Gasteiger partial charge in [-0.1, -0.05) is 30.3 Å². The number of phenols is 1. The van der Waals surface area contributed by atoms with Crippen LogP contribution >= 0.6 is 0 Å². The van der Waals surface area contributed by atoms with Crippen molar-refractivity contribution in [3.63, 3.8) is 0 Å². The molecule has 0 aliphatic heterocycles. The number of methoxy groups -OCH3 is 2. The number of nitrogens with zero attached hydrogens (tertiary/aromatic N) is 4. The monoisotopic (exact) mass is 508 g/mol. The molecule has 37 heavy (non-hydrogen) atoms. The van der Waals surface area contributed by atoms with E-state index in [2.05, 4.69) is 18.2 Å². The molecule has 0 aliphatic rings. The van der Waals surface area contributed by atoms with Crippen LogP contribution in [0.1, 0.15) is 11.3 Å². The number of pyridine rings is 1. The Kier molecular flexibility index (Phi) is 8.09. The SMILES string of the molecule is COc1ccc(Cc2ccc3ccccc3n2)cc1OC.O=[N+]([O-])c1cc([N+](=O)[O-])c(O)c([N+](=O)[O-])c1. The number of nitro benzene ring substituents is 3. The highest BCUT2D eigenvalue weighted by Gasteiger charge is 2.30. The number of nitro groups is 3. The third kappa shape index (κ3) is 6.22. The van der Waals surface area contributed by atoms with Gasteiger partial charge >= 0.3 is 11.4 Å². The fourth-order valence-corrected chi connectivity index (χ4v) is 3.38. The number of non-ortho nitro benzene ring substituents is 1. The number of para-hydroxylation sites is 1. The fourth-order valence-electron chi connectivity index (χ4n) is 3.38. The van der Waals surface area contributed by atoms with Gasteiger partial charge in [0.05, 0.1) is 46.6 Å². The molecule has 0 saturated carbocycles. The van der Waals surface area contributed by atoms with Gasteiger partial charge in [-0.05, 0) is 29.8 Å². The van der Waals surface area contributed by atoms with Crippen LogP contribution in [-0.4, -0.2) is 39.1 Å². The average Bonchev–Trinajstić information content (AvgIpc) is 2.88. The first-order valence-corrected chi connectivity index (χ1v) is 10.5. The molecule has 0 radical (unpaired) electrons. The second-order valence-corrected chi connectivity index (χ2v) is 7.47. The minimum atomic E-state index is -1.21. The largest absolute Gasteiger partial charge is 0.497 e. The van der Waals surface area contributed by atoms with Gasteiger partial charge < -0.3 is 14.6 Å². The zero-order chi connectivity index (χ0) is 27.1. The quantitative estimate of drug-likeness (QED) is 0.264. The van der Waals surface area contributed by atoms with E-state index in [1.165, 1.54) is 0 Å². The molecule has 0 atom stereocenters. The van der Waals surface area contributed by atoms with Gasteiger partial charge in [0, 0.05) is 17.5 Å². The lowest BCUT2D eigenvalue weighted by Gasteiger charge is -2.09. The minimum absolute atomic E-state index is 0.447. The first-order chi connectivity index (χ1) is 17.6. The van der Waals surface area contributed by atoms with Crippen LogP contribution in [0.4, 0.5) is 17.1 Å². The summed E-state index contributed by atoms with van der Waals surface area (Å²) in [7, 11) is 3.29. The highest BCUT2D eigenvalue weighted by molar-refractivity contribution is 5.78. The second-order valence-electron chi connectivity index (χ2n) is 7.47. The molecule has 4 aromatic rings. The maximum absolute atomic E-state index is 10.4. The van der Waals surface area contributed by atoms with Crippen LogP contribution in [0.3, 0.4) is 0 Å². The van der Waals surface area contributed by atoms with Gasteiger partial charge in [0.1, 0.15) is 0 Å². The standard InChI is InChI=1S/C18H17NO2.C6H3N3O7/c1-20-17-10-7-13(12-18(17)21-2)11-15-9-8-14-5-3-4-6-16(14)19-15;10-6-4(8(13)14)1-3(7(11)12)2-5(6)9(15)16/h3-10,12H,11H2,1-2H3;1-2,10H. The lowest BCUT2D eigenvalue weighted by Crippen LogP contribution is -1.97. The van der Waals surface area contributed by atoms with E-state index in [-0.39, 0.29) is 0 Å². The zero-order valence-electron chi connectivity index (χ0n) is 19.6. The van der Waals surface area contributed by atoms with E-state index in [4.69, 9.17) is 19.6 Å². The van der Waals surface area contributed by atoms with Crippen LogP contribution in [0.15, 0.2) is 66.7 Å². The van der Waals surface area contributed by atoms with Crippen LogP contribution in [0.25, 0.3) is 10.9 Å². The molecule has 1 N–H and O–H groups in total. The van der Waals surface area contributed by atoms with E-state index in [1.54, 1.807) is 14.2 Å². The van der Waals surface area contributed by atoms with Crippen molar-refractivity contribution in [2.45, 2.75) is 6.42 Å². The van der Waals surface area contributed by atoms with Gasteiger partial charge in [0.2, 0.25) is 0 Å². The third-order valence-corrected chi connectivity index (χ3v) is 5.15. The maximum Gasteiger partial charge on any atom is 0.324 e. The molecule has 1 heterocycles. The number of aromatic nitrogens is 1. The van der Waals surface area contributed by atoms with E-state index in [0.29, 0.717) is 12.1 Å². The zero-order valence-corrected chi connectivity index (χ0v) is 19.6. The topological polar surface area (TPSA) is 181 Å². The van der Waals surface area contributed by atoms with Crippen molar-refractivity contribution in [1.29, 1.82) is 0 Å². The molecule has 13 heteroatoms. The lowest BCUT2D eigenvalue weighted by atomic mass is 10.1. The summed E-state index contributed by atoms with van der Waals surface area (Å²) in [6.45, 7) is 0. The molecule has 0 saturated heterocycles. The first-order valence-electron chi connectivity index (χ1n) is 10.5. The molecule has 0 bridgehead atoms. The molecular formula is C24H20N4O9.